The summed E-state index contributed by atoms with van der Waals surface area (Å²) in [6.07, 6.45) is 3.30. The second-order valence-corrected chi connectivity index (χ2v) is 7.42. The van der Waals surface area contributed by atoms with Gasteiger partial charge in [-0.15, -0.1) is 11.8 Å². The van der Waals surface area contributed by atoms with Gasteiger partial charge in [-0.3, -0.25) is 0 Å². The summed E-state index contributed by atoms with van der Waals surface area (Å²) in [4.78, 5) is 3.96. The Kier molecular flexibility index (Phi) is 7.77. The Morgan fingerprint density at radius 3 is 2.70 bits per heavy atom. The average Bonchev–Trinajstić information content (AvgIpc) is 2.43. The van der Waals surface area contributed by atoms with E-state index in [-0.39, 0.29) is 0 Å². The molecule has 1 rings (SSSR count). The standard InChI is InChI=1S/C15H24N2S3/c1-5-20-13-8-6-7-12(14(13)15(16)18)17(3)11(2)9-10-19-4/h6-8,11H,5,9-10H2,1-4H3,(H2,16,18). The Bertz CT molecular complexity index is 449. The third-order valence-electron chi connectivity index (χ3n) is 3.33. The van der Waals surface area contributed by atoms with Crippen molar-refractivity contribution in [1.29, 1.82) is 0 Å². The van der Waals surface area contributed by atoms with E-state index < -0.39 is 0 Å². The van der Waals surface area contributed by atoms with Gasteiger partial charge in [0.25, 0.3) is 0 Å². The predicted molar refractivity (Wildman–Crippen MR) is 99.6 cm³/mol. The molecule has 0 radical (unpaired) electrons. The topological polar surface area (TPSA) is 29.3 Å². The molecule has 0 saturated heterocycles. The maximum Gasteiger partial charge on any atom is 0.107 e. The van der Waals surface area contributed by atoms with Crippen LogP contribution in [0.25, 0.3) is 0 Å². The van der Waals surface area contributed by atoms with Crippen molar-refractivity contribution in [2.45, 2.75) is 31.2 Å². The van der Waals surface area contributed by atoms with E-state index in [1.54, 1.807) is 11.8 Å². The average molecular weight is 329 g/mol. The van der Waals surface area contributed by atoms with Gasteiger partial charge in [0.1, 0.15) is 4.99 Å². The number of thioether (sulfide) groups is 2. The normalized spacial score (nSPS) is 12.2. The van der Waals surface area contributed by atoms with Gasteiger partial charge in [-0.25, -0.2) is 0 Å². The molecule has 0 aromatic heterocycles. The zero-order chi connectivity index (χ0) is 15.1. The maximum absolute atomic E-state index is 5.97. The molecule has 1 aromatic rings. The van der Waals surface area contributed by atoms with Crippen molar-refractivity contribution in [2.24, 2.45) is 5.73 Å². The van der Waals surface area contributed by atoms with Crippen LogP contribution in [0.3, 0.4) is 0 Å². The van der Waals surface area contributed by atoms with E-state index in [9.17, 15) is 0 Å². The molecule has 0 aliphatic heterocycles. The largest absolute Gasteiger partial charge is 0.389 e. The second-order valence-electron chi connectivity index (χ2n) is 4.69. The summed E-state index contributed by atoms with van der Waals surface area (Å²) in [7, 11) is 2.13. The quantitative estimate of drug-likeness (QED) is 0.575. The van der Waals surface area contributed by atoms with Gasteiger partial charge >= 0.3 is 0 Å². The lowest BCUT2D eigenvalue weighted by Crippen LogP contribution is -2.31. The molecule has 1 unspecified atom stereocenters. The summed E-state index contributed by atoms with van der Waals surface area (Å²) in [6, 6.07) is 6.78. The number of benzene rings is 1. The van der Waals surface area contributed by atoms with Crippen LogP contribution in [0.2, 0.25) is 0 Å². The van der Waals surface area contributed by atoms with Crippen LogP contribution in [-0.2, 0) is 0 Å². The van der Waals surface area contributed by atoms with Crippen LogP contribution >= 0.6 is 35.7 Å². The van der Waals surface area contributed by atoms with Gasteiger partial charge in [0.2, 0.25) is 0 Å². The van der Waals surface area contributed by atoms with Crippen LogP contribution in [0.1, 0.15) is 25.8 Å². The molecular formula is C15H24N2S3. The molecule has 112 valence electrons. The van der Waals surface area contributed by atoms with Gasteiger partial charge in [-0.1, -0.05) is 25.2 Å². The summed E-state index contributed by atoms with van der Waals surface area (Å²) in [5.41, 5.74) is 8.14. The molecular weight excluding hydrogens is 304 g/mol. The lowest BCUT2D eigenvalue weighted by atomic mass is 10.1. The van der Waals surface area contributed by atoms with E-state index in [2.05, 4.69) is 50.2 Å². The zero-order valence-corrected chi connectivity index (χ0v) is 15.1. The monoisotopic (exact) mass is 328 g/mol. The van der Waals surface area contributed by atoms with Crippen molar-refractivity contribution in [3.63, 3.8) is 0 Å². The number of thiocarbonyl (C=S) groups is 1. The molecule has 5 heteroatoms. The maximum atomic E-state index is 5.97. The van der Waals surface area contributed by atoms with Gasteiger partial charge < -0.3 is 10.6 Å². The first-order valence-electron chi connectivity index (χ1n) is 6.80. The molecule has 1 atom stereocenters. The minimum atomic E-state index is 0.470. The molecule has 20 heavy (non-hydrogen) atoms. The molecule has 0 bridgehead atoms. The van der Waals surface area contributed by atoms with Crippen LogP contribution in [-0.4, -0.2) is 35.8 Å². The smallest absolute Gasteiger partial charge is 0.107 e. The van der Waals surface area contributed by atoms with E-state index in [4.69, 9.17) is 18.0 Å². The molecule has 0 aliphatic rings. The first-order valence-corrected chi connectivity index (χ1v) is 9.59. The highest BCUT2D eigenvalue weighted by molar-refractivity contribution is 7.99. The van der Waals surface area contributed by atoms with E-state index >= 15 is 0 Å². The fraction of sp³-hybridized carbons (Fsp3) is 0.533. The SMILES string of the molecule is CCSc1cccc(N(C)C(C)CCSC)c1C(N)=S. The molecule has 0 aliphatic carbocycles. The number of rotatable bonds is 8. The lowest BCUT2D eigenvalue weighted by molar-refractivity contribution is 0.668. The molecule has 0 heterocycles. The number of hydrogen-bond acceptors (Lipinski definition) is 4. The van der Waals surface area contributed by atoms with Gasteiger partial charge in [0.05, 0.1) is 0 Å². The summed E-state index contributed by atoms with van der Waals surface area (Å²) >= 11 is 8.95. The molecule has 1 aromatic carbocycles. The highest BCUT2D eigenvalue weighted by Gasteiger charge is 2.17. The lowest BCUT2D eigenvalue weighted by Gasteiger charge is -2.29. The van der Waals surface area contributed by atoms with Crippen LogP contribution in [0.4, 0.5) is 5.69 Å². The molecule has 0 spiro atoms. The number of hydrogen-bond donors (Lipinski definition) is 1. The first-order chi connectivity index (χ1) is 9.52. The highest BCUT2D eigenvalue weighted by atomic mass is 32.2. The van der Waals surface area contributed by atoms with E-state index in [0.29, 0.717) is 11.0 Å². The Balaban J connectivity index is 3.09. The molecule has 2 nitrogen and oxygen atoms in total. The van der Waals surface area contributed by atoms with E-state index in [1.807, 2.05) is 11.8 Å². The molecule has 2 N–H and O–H groups in total. The third-order valence-corrected chi connectivity index (χ3v) is 5.12. The molecule has 0 fully saturated rings. The summed E-state index contributed by atoms with van der Waals surface area (Å²) in [5, 5.41) is 0. The Hall–Kier alpha value is -0.390. The highest BCUT2D eigenvalue weighted by Crippen LogP contribution is 2.31. The van der Waals surface area contributed by atoms with Crippen molar-refractivity contribution >= 4 is 46.4 Å². The number of nitrogens with two attached hydrogens (primary N) is 1. The first kappa shape index (κ1) is 17.7. The number of nitrogens with zero attached hydrogens (tertiary/aromatic N) is 1. The van der Waals surface area contributed by atoms with Crippen molar-refractivity contribution in [1.82, 2.24) is 0 Å². The fourth-order valence-corrected chi connectivity index (χ4v) is 3.76. The third kappa shape index (κ3) is 4.57. The summed E-state index contributed by atoms with van der Waals surface area (Å²) in [5.74, 6) is 2.18. The van der Waals surface area contributed by atoms with Gasteiger partial charge in [-0.05, 0) is 43.2 Å². The predicted octanol–water partition coefficient (Wildman–Crippen LogP) is 4.01. The van der Waals surface area contributed by atoms with Crippen LogP contribution < -0.4 is 10.6 Å². The second kappa shape index (κ2) is 8.80. The Morgan fingerprint density at radius 2 is 2.15 bits per heavy atom. The van der Waals surface area contributed by atoms with Crippen molar-refractivity contribution in [3.05, 3.63) is 23.8 Å². The Labute approximate surface area is 136 Å². The van der Waals surface area contributed by atoms with E-state index in [0.717, 1.165) is 29.2 Å². The molecule has 0 saturated carbocycles. The summed E-state index contributed by atoms with van der Waals surface area (Å²) in [6.45, 7) is 4.39. The van der Waals surface area contributed by atoms with Crippen molar-refractivity contribution in [2.75, 3.05) is 29.7 Å². The van der Waals surface area contributed by atoms with Gasteiger partial charge in [0.15, 0.2) is 0 Å². The van der Waals surface area contributed by atoms with Crippen molar-refractivity contribution < 1.29 is 0 Å². The minimum absolute atomic E-state index is 0.470. The van der Waals surface area contributed by atoms with Crippen LogP contribution in [0.15, 0.2) is 23.1 Å². The van der Waals surface area contributed by atoms with Crippen LogP contribution in [0.5, 0.6) is 0 Å². The Morgan fingerprint density at radius 1 is 1.45 bits per heavy atom. The summed E-state index contributed by atoms with van der Waals surface area (Å²) < 4.78 is 0. The fourth-order valence-electron chi connectivity index (χ4n) is 2.06. The van der Waals surface area contributed by atoms with Crippen molar-refractivity contribution in [3.8, 4) is 0 Å². The van der Waals surface area contributed by atoms with Gasteiger partial charge in [0, 0.05) is 29.2 Å². The minimum Gasteiger partial charge on any atom is -0.389 e. The van der Waals surface area contributed by atoms with Crippen LogP contribution in [0, 0.1) is 0 Å². The number of anilines is 1. The van der Waals surface area contributed by atoms with Gasteiger partial charge in [-0.2, -0.15) is 11.8 Å². The zero-order valence-electron chi connectivity index (χ0n) is 12.7. The van der Waals surface area contributed by atoms with E-state index in [1.165, 1.54) is 4.90 Å². The molecule has 0 amide bonds.